The number of imidazole rings is 5. The van der Waals surface area contributed by atoms with Gasteiger partial charge in [0.05, 0.1) is 42.5 Å². The lowest BCUT2D eigenvalue weighted by molar-refractivity contribution is -0.652. The van der Waals surface area contributed by atoms with Gasteiger partial charge < -0.3 is 4.42 Å². The van der Waals surface area contributed by atoms with Crippen LogP contribution in [-0.2, 0) is 46.7 Å². The summed E-state index contributed by atoms with van der Waals surface area (Å²) in [6.45, 7) is 1.48. The molecular formula is C108H76N23OS+5. The van der Waals surface area contributed by atoms with Crippen LogP contribution in [0.4, 0.5) is 0 Å². The molecule has 0 aliphatic carbocycles. The molecule has 6 aromatic carbocycles. The number of benzene rings is 6. The third-order valence-corrected chi connectivity index (χ3v) is 27.2. The molecular weight excluding hydrogens is 1670 g/mol. The topological polar surface area (TPSA) is 201 Å². The minimum Gasteiger partial charge on any atom is -0.417 e. The maximum atomic E-state index is 8.22. The number of rotatable bonds is 6. The molecule has 26 aromatic rings. The maximum absolute atomic E-state index is 8.22. The van der Waals surface area contributed by atoms with Crippen LogP contribution >= 0.6 is 11.3 Å². The van der Waals surface area contributed by atoms with Gasteiger partial charge in [-0.05, 0) is 164 Å². The highest BCUT2D eigenvalue weighted by molar-refractivity contribution is 7.25. The first kappa shape index (κ1) is 72.3. The van der Waals surface area contributed by atoms with Gasteiger partial charge in [0.25, 0.3) is 34.4 Å². The van der Waals surface area contributed by atoms with Crippen LogP contribution in [0, 0.1) is 0 Å². The third-order valence-electron chi connectivity index (χ3n) is 26.0. The molecule has 24 nitrogen and oxygen atoms in total. The molecule has 0 saturated carbocycles. The van der Waals surface area contributed by atoms with Crippen LogP contribution in [-0.4, -0.2) is 86.4 Å². The second-order valence-electron chi connectivity index (χ2n) is 33.4. The number of aromatic nitrogens is 23. The summed E-state index contributed by atoms with van der Waals surface area (Å²) < 4.78 is 60.7. The SMILES string of the molecule is Cn1c2cccnc2c2c1[n+]1c(n2-c2ccccc2)-c2ncccc2C1.[2H]C([2H])([2H])n1c2cccnc2c2c1[n+]1c(n2-c2ccccc2)-c2ncccc2C1.c1ccc(-n2c3[n+](c4c2c2ncccc2n4-c2ccccc2)Cc2cccnc2-3)cc1.c1ccc(-n2c3[n+](c4oc5cccnc5c42)Cc2cccnc2-3)cc1.c1ccc(-n2c3[n+](c4sc5cccnc5c42)Cc2cccnc2-3)cc1. The van der Waals surface area contributed by atoms with E-state index in [1.54, 1.807) is 29.8 Å². The molecule has 5 aliphatic heterocycles. The van der Waals surface area contributed by atoms with E-state index in [4.69, 9.17) is 28.5 Å². The van der Waals surface area contributed by atoms with Crippen LogP contribution in [0.15, 0.2) is 370 Å². The molecule has 31 rings (SSSR count). The van der Waals surface area contributed by atoms with Gasteiger partial charge in [-0.25, -0.2) is 81.4 Å². The zero-order valence-electron chi connectivity index (χ0n) is 74.3. The van der Waals surface area contributed by atoms with E-state index < -0.39 is 6.98 Å². The predicted octanol–water partition coefficient (Wildman–Crippen LogP) is 18.6. The molecule has 25 heterocycles. The quantitative estimate of drug-likeness (QED) is 0.143. The van der Waals surface area contributed by atoms with E-state index in [1.807, 2.05) is 188 Å². The van der Waals surface area contributed by atoms with Gasteiger partial charge in [0.1, 0.15) is 103 Å². The predicted molar refractivity (Wildman–Crippen MR) is 513 cm³/mol. The van der Waals surface area contributed by atoms with Crippen molar-refractivity contribution in [3.8, 4) is 91.7 Å². The van der Waals surface area contributed by atoms with Crippen LogP contribution in [0.2, 0.25) is 0 Å². The van der Waals surface area contributed by atoms with Crippen molar-refractivity contribution >= 4 is 121 Å². The molecule has 133 heavy (non-hydrogen) atoms. The van der Waals surface area contributed by atoms with Crippen molar-refractivity contribution in [2.24, 2.45) is 14.0 Å². The number of para-hydroxylation sites is 6. The Balaban J connectivity index is 0.0000000864. The number of hydrogen-bond acceptors (Lipinski definition) is 12. The van der Waals surface area contributed by atoms with Gasteiger partial charge in [0, 0.05) is 89.8 Å². The zero-order chi connectivity index (χ0) is 90.1. The van der Waals surface area contributed by atoms with Crippen molar-refractivity contribution in [1.82, 2.24) is 86.4 Å². The van der Waals surface area contributed by atoms with Crippen LogP contribution in [0.1, 0.15) is 31.9 Å². The van der Waals surface area contributed by atoms with Gasteiger partial charge >= 0.3 is 17.4 Å². The highest BCUT2D eigenvalue weighted by atomic mass is 32.1. The zero-order valence-corrected chi connectivity index (χ0v) is 72.1. The smallest absolute Gasteiger partial charge is 0.341 e. The molecule has 0 radical (unpaired) electrons. The van der Waals surface area contributed by atoms with E-state index in [2.05, 4.69) is 251 Å². The lowest BCUT2D eigenvalue weighted by atomic mass is 10.2. The fraction of sp³-hybridized carbons (Fsp3) is 0.0648. The highest BCUT2D eigenvalue weighted by Gasteiger charge is 2.45. The van der Waals surface area contributed by atoms with Gasteiger partial charge in [-0.2, -0.15) is 13.7 Å². The standard InChI is InChI=1S/C26H18N5.2C21H16N5.C20H13N4O.C20H13N4S/c1-3-10-19(11-4-1)30-21-14-8-16-28-23(21)24-26(30)29-17-18-9-7-15-27-22(18)25(29)31(24)20-12-5-2-6-13-20;2*1-24-16-10-6-12-23-18(16)19-21(24)25-13-14-7-5-11-22-17(14)20(25)26(19)15-8-3-2-4-9-15;2*1-2-7-14(8-3-1)24-18-17-15(9-5-11-22-17)25-20(18)23-12-13-6-4-10-21-16(13)19(23)24/h1-16H,17H2;2*2-12H,13H2,1H3;2*1-11H,12H2/q5*+1/i;1D3;;;. The van der Waals surface area contributed by atoms with Crippen LogP contribution in [0.25, 0.3) is 201 Å². The van der Waals surface area contributed by atoms with Crippen molar-refractivity contribution in [2.75, 3.05) is 0 Å². The number of hydrogen-bond donors (Lipinski definition) is 0. The van der Waals surface area contributed by atoms with Crippen molar-refractivity contribution in [1.29, 1.82) is 0 Å². The van der Waals surface area contributed by atoms with E-state index in [0.29, 0.717) is 23.2 Å². The first-order valence-electron chi connectivity index (χ1n) is 45.6. The number of aryl methyl sites for hydroxylation is 2. The Morgan fingerprint density at radius 1 is 0.263 bits per heavy atom. The fourth-order valence-electron chi connectivity index (χ4n) is 20.6. The number of furan rings is 1. The van der Waals surface area contributed by atoms with Gasteiger partial charge in [0.15, 0.2) is 22.5 Å². The van der Waals surface area contributed by atoms with E-state index in [0.717, 1.165) is 196 Å². The average Bonchev–Trinajstić information content (AvgIpc) is 1.54. The van der Waals surface area contributed by atoms with Gasteiger partial charge in [-0.1, -0.05) is 151 Å². The van der Waals surface area contributed by atoms with Crippen molar-refractivity contribution in [3.05, 3.63) is 393 Å². The summed E-state index contributed by atoms with van der Waals surface area (Å²) in [7, 11) is 2.12. The summed E-state index contributed by atoms with van der Waals surface area (Å²) in [6.07, 6.45) is 18.4. The van der Waals surface area contributed by atoms with E-state index in [1.165, 1.54) is 47.5 Å². The lowest BCUT2D eigenvalue weighted by Crippen LogP contribution is -2.33. The largest absolute Gasteiger partial charge is 0.417 e. The Hall–Kier alpha value is -17.7. The molecule has 0 N–H and O–H groups in total. The summed E-state index contributed by atoms with van der Waals surface area (Å²) >= 11 is 1.80. The van der Waals surface area contributed by atoms with Crippen LogP contribution in [0.3, 0.4) is 0 Å². The van der Waals surface area contributed by atoms with E-state index >= 15 is 0 Å². The molecule has 0 atom stereocenters. The summed E-state index contributed by atoms with van der Waals surface area (Å²) in [5, 5.41) is 0. The third kappa shape index (κ3) is 11.4. The molecule has 0 fully saturated rings. The van der Waals surface area contributed by atoms with E-state index in [9.17, 15) is 0 Å². The average molecular weight is 1750 g/mol. The Labute approximate surface area is 765 Å². The number of nitrogens with zero attached hydrogens (tertiary/aromatic N) is 23. The summed E-state index contributed by atoms with van der Waals surface area (Å²) in [6, 6.07) is 103. The molecule has 0 unspecified atom stereocenters. The molecule has 0 spiro atoms. The first-order valence-corrected chi connectivity index (χ1v) is 44.9. The monoisotopic (exact) mass is 1750 g/mol. The minimum absolute atomic E-state index is 0.571. The Morgan fingerprint density at radius 3 is 1.00 bits per heavy atom. The van der Waals surface area contributed by atoms with Crippen molar-refractivity contribution in [2.45, 2.75) is 32.7 Å². The molecule has 25 heteroatoms. The molecule has 630 valence electrons. The van der Waals surface area contributed by atoms with Crippen molar-refractivity contribution in [3.63, 3.8) is 0 Å². The normalized spacial score (nSPS) is 13.0. The minimum atomic E-state index is -2.34. The van der Waals surface area contributed by atoms with Crippen LogP contribution in [0.5, 0.6) is 0 Å². The highest BCUT2D eigenvalue weighted by Crippen LogP contribution is 2.45. The summed E-state index contributed by atoms with van der Waals surface area (Å²) in [5.41, 5.74) is 34.8. The molecule has 0 saturated heterocycles. The summed E-state index contributed by atoms with van der Waals surface area (Å²) in [5.74, 6) is 5.30. The molecule has 20 aromatic heterocycles. The van der Waals surface area contributed by atoms with Crippen molar-refractivity contribution < 1.29 is 31.4 Å². The van der Waals surface area contributed by atoms with Gasteiger partial charge in [0.2, 0.25) is 32.4 Å². The molecule has 0 bridgehead atoms. The summed E-state index contributed by atoms with van der Waals surface area (Å²) in [4.78, 5) is 48.0. The second-order valence-corrected chi connectivity index (χ2v) is 34.4. The Bertz CT molecular complexity index is 9150. The second kappa shape index (κ2) is 30.0. The van der Waals surface area contributed by atoms with Gasteiger partial charge in [-0.15, -0.1) is 0 Å². The Morgan fingerprint density at radius 2 is 0.564 bits per heavy atom. The first-order chi connectivity index (χ1) is 67.1. The number of fused-ring (bicyclic) bond motifs is 35. The Kier molecular flexibility index (Phi) is 16.3. The number of pyridine rings is 10. The molecule has 5 aliphatic rings. The van der Waals surface area contributed by atoms with Crippen LogP contribution < -0.4 is 22.8 Å². The van der Waals surface area contributed by atoms with Gasteiger partial charge in [-0.3, -0.25) is 14.1 Å². The fourth-order valence-corrected chi connectivity index (χ4v) is 21.8. The number of thiophene rings is 1. The lowest BCUT2D eigenvalue weighted by Gasteiger charge is -2.04. The van der Waals surface area contributed by atoms with E-state index in [-0.39, 0.29) is 0 Å². The maximum Gasteiger partial charge on any atom is 0.341 e. The molecule has 0 amide bonds.